The maximum atomic E-state index is 11.3. The Morgan fingerprint density at radius 1 is 1.71 bits per heavy atom. The lowest BCUT2D eigenvalue weighted by Gasteiger charge is -2.07. The highest BCUT2D eigenvalue weighted by Crippen LogP contribution is 2.07. The fourth-order valence-corrected chi connectivity index (χ4v) is 1.57. The van der Waals surface area contributed by atoms with Crippen molar-refractivity contribution in [2.75, 3.05) is 19.1 Å². The summed E-state index contributed by atoms with van der Waals surface area (Å²) < 4.78 is 6.54. The highest BCUT2D eigenvalue weighted by molar-refractivity contribution is 7.98. The van der Waals surface area contributed by atoms with Gasteiger partial charge >= 0.3 is 5.97 Å². The van der Waals surface area contributed by atoms with Gasteiger partial charge in [0.2, 0.25) is 0 Å². The quantitative estimate of drug-likeness (QED) is 0.709. The Morgan fingerprint density at radius 3 is 3.00 bits per heavy atom. The Labute approximate surface area is 87.7 Å². The number of aryl methyl sites for hydroxylation is 1. The molecule has 0 atom stereocenters. The van der Waals surface area contributed by atoms with E-state index in [0.717, 1.165) is 18.1 Å². The Bertz CT molecular complexity index is 323. The van der Waals surface area contributed by atoms with Crippen LogP contribution in [0.2, 0.25) is 0 Å². The van der Waals surface area contributed by atoms with Gasteiger partial charge in [0.25, 0.3) is 0 Å². The summed E-state index contributed by atoms with van der Waals surface area (Å²) in [5.74, 6) is 1.48. The summed E-state index contributed by atoms with van der Waals surface area (Å²) in [6.45, 7) is 2.67. The van der Waals surface area contributed by atoms with Gasteiger partial charge in [-0.05, 0) is 13.2 Å². The highest BCUT2D eigenvalue weighted by atomic mass is 32.2. The van der Waals surface area contributed by atoms with Crippen LogP contribution in [0.4, 0.5) is 0 Å². The molecule has 0 aliphatic carbocycles. The first-order chi connectivity index (χ1) is 6.70. The molecule has 0 fully saturated rings. The number of aromatic nitrogens is 2. The average Bonchev–Trinajstić information content (AvgIpc) is 2.56. The zero-order valence-corrected chi connectivity index (χ0v) is 9.43. The first-order valence-electron chi connectivity index (χ1n) is 4.30. The number of hydrogen-bond acceptors (Lipinski definition) is 4. The van der Waals surface area contributed by atoms with Crippen molar-refractivity contribution < 1.29 is 9.53 Å². The summed E-state index contributed by atoms with van der Waals surface area (Å²) in [4.78, 5) is 15.4. The third-order valence-electron chi connectivity index (χ3n) is 1.97. The molecule has 0 aliphatic rings. The molecule has 4 nitrogen and oxygen atoms in total. The number of imidazole rings is 1. The van der Waals surface area contributed by atoms with Gasteiger partial charge in [-0.1, -0.05) is 0 Å². The minimum Gasteiger partial charge on any atom is -0.464 e. The van der Waals surface area contributed by atoms with Gasteiger partial charge in [0.1, 0.15) is 11.5 Å². The fraction of sp³-hybridized carbons (Fsp3) is 0.556. The zero-order chi connectivity index (χ0) is 10.6. The summed E-state index contributed by atoms with van der Waals surface area (Å²) in [5.41, 5.74) is 0.527. The van der Waals surface area contributed by atoms with Crippen molar-refractivity contribution in [2.24, 2.45) is 0 Å². The number of thioether (sulfide) groups is 1. The van der Waals surface area contributed by atoms with Crippen molar-refractivity contribution in [3.8, 4) is 0 Å². The minimum atomic E-state index is -0.327. The van der Waals surface area contributed by atoms with Crippen LogP contribution in [0.1, 0.15) is 16.3 Å². The molecule has 0 saturated heterocycles. The molecule has 0 N–H and O–H groups in total. The average molecular weight is 214 g/mol. The second kappa shape index (κ2) is 5.05. The summed E-state index contributed by atoms with van der Waals surface area (Å²) >= 11 is 1.74. The van der Waals surface area contributed by atoms with E-state index >= 15 is 0 Å². The van der Waals surface area contributed by atoms with Crippen LogP contribution in [-0.4, -0.2) is 34.6 Å². The third-order valence-corrected chi connectivity index (χ3v) is 2.56. The van der Waals surface area contributed by atoms with E-state index in [0.29, 0.717) is 5.69 Å². The van der Waals surface area contributed by atoms with E-state index in [1.54, 1.807) is 18.0 Å². The van der Waals surface area contributed by atoms with Crippen LogP contribution in [0.5, 0.6) is 0 Å². The standard InChI is InChI=1S/C9H14N2O2S/c1-7-10-6-8(9(12)13-2)11(7)4-5-14-3/h6H,4-5H2,1-3H3. The molecular weight excluding hydrogens is 200 g/mol. The molecule has 1 aromatic rings. The first-order valence-corrected chi connectivity index (χ1v) is 5.69. The summed E-state index contributed by atoms with van der Waals surface area (Å²) in [6, 6.07) is 0. The van der Waals surface area contributed by atoms with Crippen molar-refractivity contribution >= 4 is 17.7 Å². The Morgan fingerprint density at radius 2 is 2.43 bits per heavy atom. The van der Waals surface area contributed by atoms with E-state index in [-0.39, 0.29) is 5.97 Å². The lowest BCUT2D eigenvalue weighted by molar-refractivity contribution is 0.0588. The number of hydrogen-bond donors (Lipinski definition) is 0. The fourth-order valence-electron chi connectivity index (χ4n) is 1.20. The van der Waals surface area contributed by atoms with E-state index in [2.05, 4.69) is 9.72 Å². The van der Waals surface area contributed by atoms with Crippen molar-refractivity contribution in [1.29, 1.82) is 0 Å². The number of ether oxygens (including phenoxy) is 1. The van der Waals surface area contributed by atoms with Gasteiger partial charge in [0, 0.05) is 12.3 Å². The molecule has 0 unspecified atom stereocenters. The van der Waals surface area contributed by atoms with E-state index in [1.807, 2.05) is 17.7 Å². The zero-order valence-electron chi connectivity index (χ0n) is 8.61. The molecule has 5 heteroatoms. The van der Waals surface area contributed by atoms with Crippen LogP contribution in [0, 0.1) is 6.92 Å². The maximum absolute atomic E-state index is 11.3. The normalized spacial score (nSPS) is 10.2. The molecular formula is C9H14N2O2S. The minimum absolute atomic E-state index is 0.327. The largest absolute Gasteiger partial charge is 0.464 e. The molecule has 14 heavy (non-hydrogen) atoms. The van der Waals surface area contributed by atoms with Gasteiger partial charge in [-0.2, -0.15) is 11.8 Å². The van der Waals surface area contributed by atoms with E-state index in [4.69, 9.17) is 0 Å². The van der Waals surface area contributed by atoms with Crippen LogP contribution in [0.15, 0.2) is 6.20 Å². The number of methoxy groups -OCH3 is 1. The predicted molar refractivity (Wildman–Crippen MR) is 56.7 cm³/mol. The van der Waals surface area contributed by atoms with Crippen LogP contribution in [0.3, 0.4) is 0 Å². The summed E-state index contributed by atoms with van der Waals surface area (Å²) in [6.07, 6.45) is 3.59. The van der Waals surface area contributed by atoms with Gasteiger partial charge in [-0.25, -0.2) is 9.78 Å². The number of nitrogens with zero attached hydrogens (tertiary/aromatic N) is 2. The van der Waals surface area contributed by atoms with E-state index in [9.17, 15) is 4.79 Å². The van der Waals surface area contributed by atoms with Crippen molar-refractivity contribution in [3.05, 3.63) is 17.7 Å². The molecule has 0 aliphatic heterocycles. The lowest BCUT2D eigenvalue weighted by atomic mass is 10.4. The molecule has 78 valence electrons. The second-order valence-electron chi connectivity index (χ2n) is 2.83. The molecule has 0 saturated carbocycles. The Balaban J connectivity index is 2.88. The van der Waals surface area contributed by atoms with E-state index < -0.39 is 0 Å². The molecule has 1 aromatic heterocycles. The SMILES string of the molecule is COC(=O)c1cnc(C)n1CCSC. The van der Waals surface area contributed by atoms with E-state index in [1.165, 1.54) is 7.11 Å². The molecule has 0 bridgehead atoms. The van der Waals surface area contributed by atoms with Crippen LogP contribution in [-0.2, 0) is 11.3 Å². The van der Waals surface area contributed by atoms with Crippen molar-refractivity contribution in [2.45, 2.75) is 13.5 Å². The van der Waals surface area contributed by atoms with Crippen molar-refractivity contribution in [3.63, 3.8) is 0 Å². The summed E-state index contributed by atoms with van der Waals surface area (Å²) in [5, 5.41) is 0. The summed E-state index contributed by atoms with van der Waals surface area (Å²) in [7, 11) is 1.38. The van der Waals surface area contributed by atoms with Gasteiger partial charge < -0.3 is 9.30 Å². The van der Waals surface area contributed by atoms with Crippen molar-refractivity contribution in [1.82, 2.24) is 9.55 Å². The third kappa shape index (κ3) is 2.29. The first kappa shape index (κ1) is 11.1. The smallest absolute Gasteiger partial charge is 0.356 e. The van der Waals surface area contributed by atoms with Gasteiger partial charge in [0.15, 0.2) is 0 Å². The number of esters is 1. The number of carbonyl (C=O) groups excluding carboxylic acids is 1. The topological polar surface area (TPSA) is 44.1 Å². The Hall–Kier alpha value is -0.970. The molecule has 1 heterocycles. The number of carbonyl (C=O) groups is 1. The molecule has 0 aromatic carbocycles. The molecule has 1 rings (SSSR count). The van der Waals surface area contributed by atoms with Gasteiger partial charge in [0.05, 0.1) is 13.3 Å². The van der Waals surface area contributed by atoms with Crippen LogP contribution < -0.4 is 0 Å². The maximum Gasteiger partial charge on any atom is 0.356 e. The molecule has 0 amide bonds. The van der Waals surface area contributed by atoms with Crippen LogP contribution >= 0.6 is 11.8 Å². The van der Waals surface area contributed by atoms with Crippen LogP contribution in [0.25, 0.3) is 0 Å². The second-order valence-corrected chi connectivity index (χ2v) is 3.81. The van der Waals surface area contributed by atoms with Gasteiger partial charge in [-0.3, -0.25) is 0 Å². The molecule has 0 spiro atoms. The monoisotopic (exact) mass is 214 g/mol. The molecule has 0 radical (unpaired) electrons. The lowest BCUT2D eigenvalue weighted by Crippen LogP contribution is -2.13. The highest BCUT2D eigenvalue weighted by Gasteiger charge is 2.13. The Kier molecular flexibility index (Phi) is 4.00. The van der Waals surface area contributed by atoms with Gasteiger partial charge in [-0.15, -0.1) is 0 Å². The predicted octanol–water partition coefficient (Wildman–Crippen LogP) is 1.34. The number of rotatable bonds is 4.